The van der Waals surface area contributed by atoms with E-state index >= 15 is 4.57 Å². The second-order valence-electron chi connectivity index (χ2n) is 7.50. The molecule has 0 aliphatic carbocycles. The molecule has 1 atom stereocenters. The van der Waals surface area contributed by atoms with Gasteiger partial charge in [-0.1, -0.05) is 0 Å². The maximum absolute atomic E-state index is 15.0. The van der Waals surface area contributed by atoms with Gasteiger partial charge in [0.25, 0.3) is 0 Å². The van der Waals surface area contributed by atoms with Crippen molar-refractivity contribution in [1.29, 1.82) is 0 Å². The molecule has 0 aliphatic rings. The molecular formula is C26H23Cl2NiO2P2. The molecule has 7 heteroatoms. The van der Waals surface area contributed by atoms with E-state index in [1.165, 1.54) is 0 Å². The first-order chi connectivity index (χ1) is 16.0. The molecule has 0 N–H and O–H groups in total. The van der Waals surface area contributed by atoms with Crippen LogP contribution in [0.2, 0.25) is 0 Å². The Balaban J connectivity index is 1.92. The van der Waals surface area contributed by atoms with Crippen LogP contribution in [0.4, 0.5) is 0 Å². The van der Waals surface area contributed by atoms with E-state index in [0.717, 1.165) is 0 Å². The third-order valence-electron chi connectivity index (χ3n) is 5.55. The molecule has 4 rings (SSSR count). The molecule has 0 saturated carbocycles. The fraction of sp³-hybridized carbons (Fsp3) is 0.0769. The number of rotatable bonds is 8. The number of hydrogen-bond acceptors (Lipinski definition) is 2. The number of halogens is 2. The Bertz CT molecular complexity index is 1180. The Labute approximate surface area is 207 Å². The molecule has 0 heterocycles. The molecule has 0 spiro atoms. The van der Waals surface area contributed by atoms with Crippen LogP contribution in [0.15, 0.2) is 121 Å². The first-order valence-corrected chi connectivity index (χ1v) is 17.3. The fourth-order valence-corrected chi connectivity index (χ4v) is 16.4. The molecule has 1 unspecified atom stereocenters. The van der Waals surface area contributed by atoms with Gasteiger partial charge in [0.1, 0.15) is 0 Å². The summed E-state index contributed by atoms with van der Waals surface area (Å²) in [6.45, 7) is 0. The topological polar surface area (TPSA) is 34.1 Å². The van der Waals surface area contributed by atoms with E-state index in [9.17, 15) is 4.57 Å². The molecule has 0 aromatic heterocycles. The molecular weight excluding hydrogens is 536 g/mol. The first-order valence-electron chi connectivity index (χ1n) is 10.3. The Morgan fingerprint density at radius 1 is 0.545 bits per heavy atom. The van der Waals surface area contributed by atoms with E-state index in [0.29, 0.717) is 21.2 Å². The van der Waals surface area contributed by atoms with Crippen molar-refractivity contribution in [2.24, 2.45) is 0 Å². The summed E-state index contributed by atoms with van der Waals surface area (Å²) in [6.07, 6.45) is 0.102. The van der Waals surface area contributed by atoms with E-state index in [4.69, 9.17) is 20.4 Å². The van der Waals surface area contributed by atoms with Crippen molar-refractivity contribution in [2.45, 2.75) is 4.63 Å². The molecule has 33 heavy (non-hydrogen) atoms. The minimum atomic E-state index is -3.35. The van der Waals surface area contributed by atoms with Gasteiger partial charge in [-0.15, -0.1) is 0 Å². The van der Waals surface area contributed by atoms with Crippen LogP contribution in [0.3, 0.4) is 0 Å². The van der Waals surface area contributed by atoms with Gasteiger partial charge in [-0.05, 0) is 0 Å². The van der Waals surface area contributed by atoms with Gasteiger partial charge in [-0.3, -0.25) is 0 Å². The number of benzene rings is 4. The second kappa shape index (κ2) is 10.8. The number of hydrogen-bond donors (Lipinski definition) is 0. The van der Waals surface area contributed by atoms with Crippen LogP contribution in [-0.2, 0) is 20.8 Å². The summed E-state index contributed by atoms with van der Waals surface area (Å²) in [6, 6.07) is 37.3. The van der Waals surface area contributed by atoms with E-state index in [1.54, 1.807) is 0 Å². The summed E-state index contributed by atoms with van der Waals surface area (Å²) in [7, 11) is 6.70. The van der Waals surface area contributed by atoms with Crippen LogP contribution in [-0.4, -0.2) is 10.8 Å². The van der Waals surface area contributed by atoms with E-state index < -0.39 is 30.5 Å². The summed E-state index contributed by atoms with van der Waals surface area (Å²) < 4.78 is 29.1. The molecule has 0 saturated heterocycles. The normalized spacial score (nSPS) is 13.3. The molecule has 4 aromatic rings. The molecule has 0 bridgehead atoms. The zero-order chi connectivity index (χ0) is 23.3. The molecule has 2 nitrogen and oxygen atoms in total. The molecule has 0 aliphatic heterocycles. The van der Waals surface area contributed by atoms with Crippen LogP contribution in [0.25, 0.3) is 0 Å². The van der Waals surface area contributed by atoms with E-state index in [-0.39, 0.29) is 6.16 Å². The predicted molar refractivity (Wildman–Crippen MR) is 140 cm³/mol. The minimum absolute atomic E-state index is 0.102. The molecule has 173 valence electrons. The third-order valence-corrected chi connectivity index (χ3v) is 16.9. The van der Waals surface area contributed by atoms with Gasteiger partial charge in [0, 0.05) is 0 Å². The molecule has 0 radical (unpaired) electrons. The standard InChI is InChI=1S/C26H23O2P2.2ClH.Ni/c27-29(23-13-5-1-6-14-23,24-15-7-2-8-16-24)21-22-30(28,25-17-9-3-10-18-25)26-19-11-4-12-20-26;;;/h1-21H,22H2;2*1H;/q;;;+2/p-2. The summed E-state index contributed by atoms with van der Waals surface area (Å²) in [5.41, 5.74) is 0. The van der Waals surface area contributed by atoms with Gasteiger partial charge < -0.3 is 0 Å². The van der Waals surface area contributed by atoms with Crippen LogP contribution < -0.4 is 21.2 Å². The van der Waals surface area contributed by atoms with Crippen molar-refractivity contribution in [3.05, 3.63) is 121 Å². The Hall–Kier alpha value is -1.59. The molecule has 0 fully saturated rings. The van der Waals surface area contributed by atoms with Crippen molar-refractivity contribution in [2.75, 3.05) is 6.16 Å². The van der Waals surface area contributed by atoms with Gasteiger partial charge in [0.05, 0.1) is 0 Å². The van der Waals surface area contributed by atoms with Crippen LogP contribution in [0, 0.1) is 0 Å². The zero-order valence-electron chi connectivity index (χ0n) is 17.6. The summed E-state index contributed by atoms with van der Waals surface area (Å²) in [5.74, 6) is 0. The van der Waals surface area contributed by atoms with Crippen molar-refractivity contribution >= 4 is 55.9 Å². The fourth-order valence-electron chi connectivity index (χ4n) is 3.89. The summed E-state index contributed by atoms with van der Waals surface area (Å²) >= 11 is -1.47. The molecule has 4 aromatic carbocycles. The SMILES string of the molecule is O=P(C[CH]([Ni]([Cl])[Cl])P(=O)(c1ccccc1)c1ccccc1)(c1ccccc1)c1ccccc1. The van der Waals surface area contributed by atoms with E-state index in [2.05, 4.69) is 0 Å². The second-order valence-corrected chi connectivity index (χ2v) is 17.6. The van der Waals surface area contributed by atoms with Crippen LogP contribution in [0.5, 0.6) is 0 Å². The van der Waals surface area contributed by atoms with Crippen LogP contribution >= 0.6 is 34.7 Å². The first kappa shape index (κ1) is 24.5. The average molecular weight is 559 g/mol. The van der Waals surface area contributed by atoms with Crippen molar-refractivity contribution in [3.8, 4) is 0 Å². The summed E-state index contributed by atoms with van der Waals surface area (Å²) in [4.78, 5) is 0. The van der Waals surface area contributed by atoms with Gasteiger partial charge >= 0.3 is 209 Å². The summed E-state index contributed by atoms with van der Waals surface area (Å²) in [5, 5.41) is 2.73. The average Bonchev–Trinajstić information content (AvgIpc) is 2.88. The zero-order valence-corrected chi connectivity index (χ0v) is 21.9. The Morgan fingerprint density at radius 2 is 0.848 bits per heavy atom. The Kier molecular flexibility index (Phi) is 8.01. The van der Waals surface area contributed by atoms with E-state index in [1.807, 2.05) is 121 Å². The van der Waals surface area contributed by atoms with Gasteiger partial charge in [-0.2, -0.15) is 0 Å². The van der Waals surface area contributed by atoms with Gasteiger partial charge in [0.2, 0.25) is 0 Å². The van der Waals surface area contributed by atoms with Gasteiger partial charge in [0.15, 0.2) is 0 Å². The third kappa shape index (κ3) is 5.10. The quantitative estimate of drug-likeness (QED) is 0.189. The van der Waals surface area contributed by atoms with Gasteiger partial charge in [-0.25, -0.2) is 0 Å². The monoisotopic (exact) mass is 557 g/mol. The maximum atomic E-state index is 15.0. The molecule has 0 amide bonds. The van der Waals surface area contributed by atoms with Crippen molar-refractivity contribution in [3.63, 3.8) is 0 Å². The van der Waals surface area contributed by atoms with Crippen molar-refractivity contribution in [1.82, 2.24) is 0 Å². The van der Waals surface area contributed by atoms with Crippen LogP contribution in [0.1, 0.15) is 0 Å². The predicted octanol–water partition coefficient (Wildman–Crippen LogP) is 6.27. The Morgan fingerprint density at radius 3 is 1.15 bits per heavy atom. The van der Waals surface area contributed by atoms with Crippen molar-refractivity contribution < 1.29 is 20.8 Å².